The maximum Gasteiger partial charge on any atom is 0.416 e. The highest BCUT2D eigenvalue weighted by Crippen LogP contribution is 2.34. The molecule has 0 saturated heterocycles. The van der Waals surface area contributed by atoms with Crippen molar-refractivity contribution in [2.24, 2.45) is 0 Å². The SMILES string of the molecule is FC(F)(F)c1ccc(Nc2cc(-c3ccccc3)c3cc[nH]c3c2)cc1. The van der Waals surface area contributed by atoms with Crippen molar-refractivity contribution < 1.29 is 13.2 Å². The Kier molecular flexibility index (Phi) is 3.92. The van der Waals surface area contributed by atoms with E-state index in [-0.39, 0.29) is 0 Å². The molecule has 0 amide bonds. The van der Waals surface area contributed by atoms with Crippen LogP contribution in [0.1, 0.15) is 5.56 Å². The van der Waals surface area contributed by atoms with Gasteiger partial charge in [0.05, 0.1) is 5.56 Å². The monoisotopic (exact) mass is 352 g/mol. The first-order chi connectivity index (χ1) is 12.5. The first-order valence-electron chi connectivity index (χ1n) is 8.11. The van der Waals surface area contributed by atoms with Crippen LogP contribution in [0.3, 0.4) is 0 Å². The van der Waals surface area contributed by atoms with E-state index in [0.717, 1.165) is 39.8 Å². The van der Waals surface area contributed by atoms with E-state index >= 15 is 0 Å². The van der Waals surface area contributed by atoms with E-state index in [1.165, 1.54) is 12.1 Å². The maximum absolute atomic E-state index is 12.7. The summed E-state index contributed by atoms with van der Waals surface area (Å²) in [5, 5.41) is 4.28. The average molecular weight is 352 g/mol. The van der Waals surface area contributed by atoms with Gasteiger partial charge in [0.2, 0.25) is 0 Å². The van der Waals surface area contributed by atoms with Gasteiger partial charge in [-0.2, -0.15) is 13.2 Å². The summed E-state index contributed by atoms with van der Waals surface area (Å²) >= 11 is 0. The Hall–Kier alpha value is -3.21. The molecule has 0 aliphatic rings. The molecule has 4 aromatic rings. The van der Waals surface area contributed by atoms with Crippen LogP contribution in [0.5, 0.6) is 0 Å². The number of rotatable bonds is 3. The molecule has 0 saturated carbocycles. The Morgan fingerprint density at radius 1 is 0.769 bits per heavy atom. The van der Waals surface area contributed by atoms with E-state index in [1.54, 1.807) is 0 Å². The lowest BCUT2D eigenvalue weighted by Gasteiger charge is -2.12. The minimum Gasteiger partial charge on any atom is -0.361 e. The second kappa shape index (κ2) is 6.26. The molecule has 0 fully saturated rings. The van der Waals surface area contributed by atoms with Crippen LogP contribution in [-0.4, -0.2) is 4.98 Å². The molecule has 130 valence electrons. The van der Waals surface area contributed by atoms with Crippen LogP contribution in [0.2, 0.25) is 0 Å². The minimum absolute atomic E-state index is 0.600. The van der Waals surface area contributed by atoms with E-state index in [9.17, 15) is 13.2 Å². The van der Waals surface area contributed by atoms with Crippen LogP contribution in [-0.2, 0) is 6.18 Å². The van der Waals surface area contributed by atoms with Crippen molar-refractivity contribution in [3.8, 4) is 11.1 Å². The van der Waals surface area contributed by atoms with Crippen LogP contribution >= 0.6 is 0 Å². The molecule has 0 atom stereocenters. The molecular formula is C21H15F3N2. The third-order valence-corrected chi connectivity index (χ3v) is 4.25. The molecule has 1 heterocycles. The molecule has 0 spiro atoms. The van der Waals surface area contributed by atoms with Gasteiger partial charge in [-0.15, -0.1) is 0 Å². The fourth-order valence-corrected chi connectivity index (χ4v) is 3.00. The number of aromatic amines is 1. The van der Waals surface area contributed by atoms with Crippen molar-refractivity contribution in [3.05, 3.63) is 84.6 Å². The molecule has 2 nitrogen and oxygen atoms in total. The van der Waals surface area contributed by atoms with Crippen LogP contribution in [0, 0.1) is 0 Å². The zero-order valence-corrected chi connectivity index (χ0v) is 13.6. The molecule has 3 aromatic carbocycles. The Labute approximate surface area is 148 Å². The number of benzene rings is 3. The molecule has 0 aliphatic heterocycles. The van der Waals surface area contributed by atoms with Gasteiger partial charge in [-0.05, 0) is 53.6 Å². The van der Waals surface area contributed by atoms with Crippen molar-refractivity contribution in [3.63, 3.8) is 0 Å². The van der Waals surface area contributed by atoms with E-state index in [1.807, 2.05) is 54.7 Å². The number of nitrogens with one attached hydrogen (secondary N) is 2. The number of hydrogen-bond acceptors (Lipinski definition) is 1. The van der Waals surface area contributed by atoms with Gasteiger partial charge in [-0.1, -0.05) is 30.3 Å². The largest absolute Gasteiger partial charge is 0.416 e. The number of alkyl halides is 3. The van der Waals surface area contributed by atoms with Gasteiger partial charge < -0.3 is 10.3 Å². The number of anilines is 2. The zero-order chi connectivity index (χ0) is 18.1. The lowest BCUT2D eigenvalue weighted by Crippen LogP contribution is -2.04. The molecule has 26 heavy (non-hydrogen) atoms. The van der Waals surface area contributed by atoms with Crippen LogP contribution in [0.25, 0.3) is 22.0 Å². The number of fused-ring (bicyclic) bond motifs is 1. The van der Waals surface area contributed by atoms with Crippen LogP contribution < -0.4 is 5.32 Å². The maximum atomic E-state index is 12.7. The van der Waals surface area contributed by atoms with E-state index in [2.05, 4.69) is 10.3 Å². The average Bonchev–Trinajstić information content (AvgIpc) is 3.10. The second-order valence-electron chi connectivity index (χ2n) is 6.03. The summed E-state index contributed by atoms with van der Waals surface area (Å²) in [6, 6.07) is 21.0. The standard InChI is InChI=1S/C21H15F3N2/c22-21(23,24)15-6-8-16(9-7-15)26-17-12-19(14-4-2-1-3-5-14)18-10-11-25-20(18)13-17/h1-13,25-26H. The summed E-state index contributed by atoms with van der Waals surface area (Å²) in [5.41, 5.74) is 3.84. The first kappa shape index (κ1) is 16.3. The lowest BCUT2D eigenvalue weighted by molar-refractivity contribution is -0.137. The topological polar surface area (TPSA) is 27.8 Å². The highest BCUT2D eigenvalue weighted by Gasteiger charge is 2.29. The number of H-pyrrole nitrogens is 1. The van der Waals surface area contributed by atoms with Crippen molar-refractivity contribution in [1.29, 1.82) is 0 Å². The van der Waals surface area contributed by atoms with Gasteiger partial charge in [0.1, 0.15) is 0 Å². The van der Waals surface area contributed by atoms with Gasteiger partial charge in [-0.3, -0.25) is 0 Å². The molecule has 0 unspecified atom stereocenters. The molecular weight excluding hydrogens is 337 g/mol. The molecule has 0 aliphatic carbocycles. The zero-order valence-electron chi connectivity index (χ0n) is 13.6. The van der Waals surface area contributed by atoms with Crippen LogP contribution in [0.15, 0.2) is 79.0 Å². The van der Waals surface area contributed by atoms with Gasteiger partial charge in [0.15, 0.2) is 0 Å². The predicted octanol–water partition coefficient (Wildman–Crippen LogP) is 6.60. The highest BCUT2D eigenvalue weighted by molar-refractivity contribution is 5.98. The van der Waals surface area contributed by atoms with Gasteiger partial charge >= 0.3 is 6.18 Å². The van der Waals surface area contributed by atoms with E-state index in [4.69, 9.17) is 0 Å². The van der Waals surface area contributed by atoms with Gasteiger partial charge in [-0.25, -0.2) is 0 Å². The first-order valence-corrected chi connectivity index (χ1v) is 8.11. The smallest absolute Gasteiger partial charge is 0.361 e. The third kappa shape index (κ3) is 3.16. The molecule has 0 radical (unpaired) electrons. The minimum atomic E-state index is -4.33. The van der Waals surface area contributed by atoms with Crippen molar-refractivity contribution in [1.82, 2.24) is 4.98 Å². The Morgan fingerprint density at radius 2 is 1.50 bits per heavy atom. The Bertz CT molecular complexity index is 1030. The normalized spacial score (nSPS) is 11.7. The predicted molar refractivity (Wildman–Crippen MR) is 98.5 cm³/mol. The van der Waals surface area contributed by atoms with Crippen LogP contribution in [0.4, 0.5) is 24.5 Å². The fraction of sp³-hybridized carbons (Fsp3) is 0.0476. The summed E-state index contributed by atoms with van der Waals surface area (Å²) in [7, 11) is 0. The number of aromatic nitrogens is 1. The summed E-state index contributed by atoms with van der Waals surface area (Å²) in [5.74, 6) is 0. The fourth-order valence-electron chi connectivity index (χ4n) is 3.00. The van der Waals surface area contributed by atoms with E-state index in [0.29, 0.717) is 5.69 Å². The highest BCUT2D eigenvalue weighted by atomic mass is 19.4. The molecule has 0 bridgehead atoms. The number of halogens is 3. The Morgan fingerprint density at radius 3 is 2.19 bits per heavy atom. The number of hydrogen-bond donors (Lipinski definition) is 2. The third-order valence-electron chi connectivity index (χ3n) is 4.25. The molecule has 1 aromatic heterocycles. The molecule has 5 heteroatoms. The lowest BCUT2D eigenvalue weighted by atomic mass is 10.0. The quantitative estimate of drug-likeness (QED) is 0.427. The summed E-state index contributed by atoms with van der Waals surface area (Å²) in [4.78, 5) is 3.20. The second-order valence-corrected chi connectivity index (χ2v) is 6.03. The van der Waals surface area contributed by atoms with E-state index < -0.39 is 11.7 Å². The summed E-state index contributed by atoms with van der Waals surface area (Å²) < 4.78 is 38.1. The van der Waals surface area contributed by atoms with Gasteiger partial charge in [0, 0.05) is 28.5 Å². The van der Waals surface area contributed by atoms with Gasteiger partial charge in [0.25, 0.3) is 0 Å². The van der Waals surface area contributed by atoms with Crippen molar-refractivity contribution >= 4 is 22.3 Å². The summed E-state index contributed by atoms with van der Waals surface area (Å²) in [6.07, 6.45) is -2.46. The molecule has 2 N–H and O–H groups in total. The summed E-state index contributed by atoms with van der Waals surface area (Å²) in [6.45, 7) is 0. The Balaban J connectivity index is 1.71. The molecule has 4 rings (SSSR count). The van der Waals surface area contributed by atoms with Crippen molar-refractivity contribution in [2.45, 2.75) is 6.18 Å². The van der Waals surface area contributed by atoms with Crippen molar-refractivity contribution in [2.75, 3.05) is 5.32 Å².